The first-order valence-electron chi connectivity index (χ1n) is 11.8. The lowest BCUT2D eigenvalue weighted by Crippen LogP contribution is -2.39. The van der Waals surface area contributed by atoms with Crippen LogP contribution in [-0.4, -0.2) is 43.2 Å². The quantitative estimate of drug-likeness (QED) is 0.409. The molecule has 3 heterocycles. The highest BCUT2D eigenvalue weighted by molar-refractivity contribution is 5.22. The van der Waals surface area contributed by atoms with E-state index in [4.69, 9.17) is 0 Å². The average Bonchev–Trinajstić information content (AvgIpc) is 3.34. The maximum absolute atomic E-state index is 4.50. The number of benzene rings is 2. The van der Waals surface area contributed by atoms with E-state index in [1.807, 2.05) is 29.2 Å². The van der Waals surface area contributed by atoms with Crippen molar-refractivity contribution >= 4 is 0 Å². The van der Waals surface area contributed by atoms with Gasteiger partial charge in [0.1, 0.15) is 0 Å². The standard InChI is InChI=1S/C27H30N6/c1-3-8-22(9-4-1)15-19-33-27(29-30-31-33)26(25-12-7-16-28-21-25)32-17-13-24(14-18-32)20-23-10-5-2-6-11-23/h1-12,16,21,24,26H,13-15,17-20H2/t26-/m1/s1. The van der Waals surface area contributed by atoms with E-state index in [0.29, 0.717) is 5.92 Å². The largest absolute Gasteiger partial charge is 0.290 e. The van der Waals surface area contributed by atoms with Crippen molar-refractivity contribution in [3.8, 4) is 0 Å². The highest BCUT2D eigenvalue weighted by Crippen LogP contribution is 2.32. The van der Waals surface area contributed by atoms with E-state index in [-0.39, 0.29) is 6.04 Å². The predicted molar refractivity (Wildman–Crippen MR) is 128 cm³/mol. The Morgan fingerprint density at radius 3 is 2.27 bits per heavy atom. The molecule has 6 heteroatoms. The van der Waals surface area contributed by atoms with Crippen LogP contribution < -0.4 is 0 Å². The van der Waals surface area contributed by atoms with E-state index in [0.717, 1.165) is 43.9 Å². The monoisotopic (exact) mass is 438 g/mol. The SMILES string of the molecule is c1ccc(CCn2nnnc2[C@@H](c2cccnc2)N2CCC(Cc3ccccc3)CC2)cc1. The molecule has 1 aliphatic rings. The first kappa shape index (κ1) is 21.5. The molecule has 0 bridgehead atoms. The maximum atomic E-state index is 4.50. The summed E-state index contributed by atoms with van der Waals surface area (Å²) < 4.78 is 1.97. The number of aryl methyl sites for hydroxylation is 2. The van der Waals surface area contributed by atoms with Gasteiger partial charge in [0.15, 0.2) is 5.82 Å². The van der Waals surface area contributed by atoms with Crippen LogP contribution in [0.2, 0.25) is 0 Å². The van der Waals surface area contributed by atoms with Gasteiger partial charge in [-0.1, -0.05) is 66.7 Å². The number of hydrogen-bond acceptors (Lipinski definition) is 5. The second-order valence-corrected chi connectivity index (χ2v) is 8.85. The van der Waals surface area contributed by atoms with E-state index in [1.54, 1.807) is 0 Å². The second kappa shape index (κ2) is 10.5. The smallest absolute Gasteiger partial charge is 0.173 e. The average molecular weight is 439 g/mol. The second-order valence-electron chi connectivity index (χ2n) is 8.85. The summed E-state index contributed by atoms with van der Waals surface area (Å²) in [4.78, 5) is 6.93. The summed E-state index contributed by atoms with van der Waals surface area (Å²) in [6.45, 7) is 2.82. The van der Waals surface area contributed by atoms with Crippen molar-refractivity contribution < 1.29 is 0 Å². The minimum atomic E-state index is 0.0159. The van der Waals surface area contributed by atoms with Crippen molar-refractivity contribution in [3.05, 3.63) is 108 Å². The van der Waals surface area contributed by atoms with Gasteiger partial charge in [-0.05, 0) is 77.9 Å². The van der Waals surface area contributed by atoms with Crippen LogP contribution in [-0.2, 0) is 19.4 Å². The van der Waals surface area contributed by atoms with Gasteiger partial charge < -0.3 is 0 Å². The molecule has 0 N–H and O–H groups in total. The number of tetrazole rings is 1. The molecule has 1 saturated heterocycles. The Morgan fingerprint density at radius 2 is 1.58 bits per heavy atom. The molecule has 5 rings (SSSR count). The third kappa shape index (κ3) is 5.34. The fourth-order valence-electron chi connectivity index (χ4n) is 4.87. The van der Waals surface area contributed by atoms with Gasteiger partial charge in [-0.25, -0.2) is 4.68 Å². The first-order chi connectivity index (χ1) is 16.4. The fourth-order valence-corrected chi connectivity index (χ4v) is 4.87. The van der Waals surface area contributed by atoms with Crippen molar-refractivity contribution in [2.45, 2.75) is 38.3 Å². The molecule has 0 amide bonds. The molecule has 0 spiro atoms. The molecule has 168 valence electrons. The van der Waals surface area contributed by atoms with Crippen molar-refractivity contribution in [1.82, 2.24) is 30.1 Å². The van der Waals surface area contributed by atoms with Crippen LogP contribution in [0.3, 0.4) is 0 Å². The van der Waals surface area contributed by atoms with Crippen LogP contribution in [0.1, 0.15) is 41.4 Å². The van der Waals surface area contributed by atoms with Gasteiger partial charge in [0.05, 0.1) is 6.04 Å². The van der Waals surface area contributed by atoms with E-state index in [9.17, 15) is 0 Å². The van der Waals surface area contributed by atoms with Gasteiger partial charge in [0.25, 0.3) is 0 Å². The summed E-state index contributed by atoms with van der Waals surface area (Å²) in [5.41, 5.74) is 3.87. The summed E-state index contributed by atoms with van der Waals surface area (Å²) in [7, 11) is 0. The number of aromatic nitrogens is 5. The Hall–Kier alpha value is -3.38. The van der Waals surface area contributed by atoms with Gasteiger partial charge in [-0.15, -0.1) is 5.10 Å². The van der Waals surface area contributed by atoms with E-state index < -0.39 is 0 Å². The molecule has 1 aliphatic heterocycles. The van der Waals surface area contributed by atoms with Crippen molar-refractivity contribution in [2.75, 3.05) is 13.1 Å². The number of hydrogen-bond donors (Lipinski definition) is 0. The molecule has 33 heavy (non-hydrogen) atoms. The molecular weight excluding hydrogens is 408 g/mol. The third-order valence-corrected chi connectivity index (χ3v) is 6.64. The molecule has 0 radical (unpaired) electrons. The Bertz CT molecular complexity index is 1110. The number of pyridine rings is 1. The highest BCUT2D eigenvalue weighted by atomic mass is 15.5. The van der Waals surface area contributed by atoms with Gasteiger partial charge in [-0.3, -0.25) is 9.88 Å². The summed E-state index contributed by atoms with van der Waals surface area (Å²) in [5, 5.41) is 12.9. The van der Waals surface area contributed by atoms with Crippen molar-refractivity contribution in [3.63, 3.8) is 0 Å². The summed E-state index contributed by atoms with van der Waals surface area (Å²) in [6.07, 6.45) is 8.19. The van der Waals surface area contributed by atoms with Crippen LogP contribution in [0.4, 0.5) is 0 Å². The van der Waals surface area contributed by atoms with Gasteiger partial charge >= 0.3 is 0 Å². The molecule has 4 aromatic rings. The Morgan fingerprint density at radius 1 is 0.848 bits per heavy atom. The molecule has 6 nitrogen and oxygen atoms in total. The summed E-state index contributed by atoms with van der Waals surface area (Å²) in [5.74, 6) is 1.62. The zero-order valence-electron chi connectivity index (χ0n) is 18.9. The lowest BCUT2D eigenvalue weighted by molar-refractivity contribution is 0.143. The zero-order valence-corrected chi connectivity index (χ0v) is 18.9. The Kier molecular flexibility index (Phi) is 6.82. The van der Waals surface area contributed by atoms with Crippen LogP contribution >= 0.6 is 0 Å². The maximum Gasteiger partial charge on any atom is 0.173 e. The highest BCUT2D eigenvalue weighted by Gasteiger charge is 2.31. The molecule has 2 aromatic carbocycles. The lowest BCUT2D eigenvalue weighted by Gasteiger charge is -2.37. The first-order valence-corrected chi connectivity index (χ1v) is 11.8. The molecule has 2 aromatic heterocycles. The number of rotatable bonds is 8. The van der Waals surface area contributed by atoms with Crippen molar-refractivity contribution in [2.24, 2.45) is 5.92 Å². The number of piperidine rings is 1. The molecule has 0 aliphatic carbocycles. The molecular formula is C27H30N6. The minimum Gasteiger partial charge on any atom is -0.290 e. The number of likely N-dealkylation sites (tertiary alicyclic amines) is 1. The van der Waals surface area contributed by atoms with Crippen LogP contribution in [0.25, 0.3) is 0 Å². The molecule has 1 atom stereocenters. The predicted octanol–water partition coefficient (Wildman–Crippen LogP) is 4.35. The third-order valence-electron chi connectivity index (χ3n) is 6.64. The van der Waals surface area contributed by atoms with E-state index in [1.165, 1.54) is 24.0 Å². The summed E-state index contributed by atoms with van der Waals surface area (Å²) in [6, 6.07) is 25.5. The minimum absolute atomic E-state index is 0.0159. The van der Waals surface area contributed by atoms with Gasteiger partial charge in [0.2, 0.25) is 0 Å². The van der Waals surface area contributed by atoms with Crippen LogP contribution in [0.5, 0.6) is 0 Å². The molecule has 0 unspecified atom stereocenters. The van der Waals surface area contributed by atoms with Crippen LogP contribution in [0, 0.1) is 5.92 Å². The topological polar surface area (TPSA) is 59.7 Å². The molecule has 0 saturated carbocycles. The number of nitrogens with zero attached hydrogens (tertiary/aromatic N) is 6. The zero-order chi connectivity index (χ0) is 22.3. The van der Waals surface area contributed by atoms with E-state index in [2.05, 4.69) is 86.1 Å². The van der Waals surface area contributed by atoms with Gasteiger partial charge in [0, 0.05) is 18.9 Å². The van der Waals surface area contributed by atoms with E-state index >= 15 is 0 Å². The molecule has 1 fully saturated rings. The normalized spacial score (nSPS) is 16.0. The van der Waals surface area contributed by atoms with Crippen molar-refractivity contribution in [1.29, 1.82) is 0 Å². The lowest BCUT2D eigenvalue weighted by atomic mass is 9.89. The Labute approximate surface area is 195 Å². The Balaban J connectivity index is 1.32. The fraction of sp³-hybridized carbons (Fsp3) is 0.333. The van der Waals surface area contributed by atoms with Gasteiger partial charge in [-0.2, -0.15) is 0 Å². The van der Waals surface area contributed by atoms with Crippen LogP contribution in [0.15, 0.2) is 85.2 Å². The summed E-state index contributed by atoms with van der Waals surface area (Å²) >= 11 is 0.